The first-order valence-electron chi connectivity index (χ1n) is 3.39. The molecule has 2 nitrogen and oxygen atoms in total. The Morgan fingerprint density at radius 1 is 1.40 bits per heavy atom. The van der Waals surface area contributed by atoms with Gasteiger partial charge < -0.3 is 5.73 Å². The Bertz CT molecular complexity index is 67.3. The zero-order valence-corrected chi connectivity index (χ0v) is 7.81. The summed E-state index contributed by atoms with van der Waals surface area (Å²) in [6.07, 6.45) is 1.25. The monoisotopic (exact) mass is 144 g/mol. The Balaban J connectivity index is -0.0000000787. The summed E-state index contributed by atoms with van der Waals surface area (Å²) in [5.74, 6) is 0. The zero-order valence-electron chi connectivity index (χ0n) is 7.81. The second-order valence-corrected chi connectivity index (χ2v) is 1.61. The number of hydrogen-bond acceptors (Lipinski definition) is 1. The Kier molecular flexibility index (Phi) is 38.8. The quantitative estimate of drug-likeness (QED) is 0.316. The third-order valence-electron chi connectivity index (χ3n) is 0.149. The van der Waals surface area contributed by atoms with Crippen LogP contribution in [-0.2, 0) is 0 Å². The van der Waals surface area contributed by atoms with Crippen LogP contribution >= 0.6 is 0 Å². The Hall–Kier alpha value is -0.790. The number of hydrogen-bond donors (Lipinski definition) is 1. The molecule has 0 amide bonds. The van der Waals surface area contributed by atoms with E-state index in [0.717, 1.165) is 0 Å². The van der Waals surface area contributed by atoms with Gasteiger partial charge in [0.05, 0.1) is 6.34 Å². The van der Waals surface area contributed by atoms with Crippen molar-refractivity contribution in [2.24, 2.45) is 10.7 Å². The number of aliphatic imine (C=N–C) groups is 1. The highest BCUT2D eigenvalue weighted by atomic mass is 14.7. The van der Waals surface area contributed by atoms with Crippen molar-refractivity contribution in [3.05, 3.63) is 12.2 Å². The van der Waals surface area contributed by atoms with E-state index in [0.29, 0.717) is 0 Å². The van der Waals surface area contributed by atoms with Crippen LogP contribution in [0.1, 0.15) is 27.7 Å². The van der Waals surface area contributed by atoms with Crippen LogP contribution in [0.5, 0.6) is 0 Å². The molecule has 0 aliphatic heterocycles. The third-order valence-corrected chi connectivity index (χ3v) is 0.149. The van der Waals surface area contributed by atoms with Crippen molar-refractivity contribution >= 4 is 6.34 Å². The van der Waals surface area contributed by atoms with Gasteiger partial charge in [0.2, 0.25) is 0 Å². The minimum Gasteiger partial charge on any atom is -0.390 e. The molecule has 0 saturated carbocycles. The van der Waals surface area contributed by atoms with Crippen LogP contribution in [0, 0.1) is 0 Å². The summed E-state index contributed by atoms with van der Waals surface area (Å²) in [6, 6.07) is 0. The van der Waals surface area contributed by atoms with E-state index in [1.807, 2.05) is 27.7 Å². The van der Waals surface area contributed by atoms with Crippen molar-refractivity contribution in [3.63, 3.8) is 0 Å². The highest BCUT2D eigenvalue weighted by Crippen LogP contribution is 1.73. The zero-order chi connectivity index (χ0) is 8.99. The molecule has 0 aromatic heterocycles. The molecule has 62 valence electrons. The van der Waals surface area contributed by atoms with Crippen LogP contribution in [0.4, 0.5) is 0 Å². The van der Waals surface area contributed by atoms with E-state index >= 15 is 0 Å². The van der Waals surface area contributed by atoms with Gasteiger partial charge in [0, 0.05) is 7.05 Å². The van der Waals surface area contributed by atoms with E-state index < -0.39 is 0 Å². The van der Waals surface area contributed by atoms with Gasteiger partial charge in [-0.1, -0.05) is 19.4 Å². The molecule has 0 aromatic rings. The standard InChI is InChI=1S/C4H8.C2H6N2.C2H6/c1-4(2)3;1-4-2-3;1-2/h1H2,2-3H3;2H,1H3,(H2,3,4);1-2H3. The first kappa shape index (κ1) is 16.1. The molecular weight excluding hydrogens is 124 g/mol. The molecule has 0 rings (SSSR count). The summed E-state index contributed by atoms with van der Waals surface area (Å²) in [5.41, 5.74) is 5.90. The maximum Gasteiger partial charge on any atom is 0.0794 e. The maximum absolute atomic E-state index is 4.74. The van der Waals surface area contributed by atoms with Crippen LogP contribution in [0.15, 0.2) is 17.1 Å². The van der Waals surface area contributed by atoms with Gasteiger partial charge in [-0.25, -0.2) is 0 Å². The molecule has 0 fully saturated rings. The largest absolute Gasteiger partial charge is 0.390 e. The van der Waals surface area contributed by atoms with Gasteiger partial charge in [-0.3, -0.25) is 4.99 Å². The third kappa shape index (κ3) is 6300. The van der Waals surface area contributed by atoms with Crippen molar-refractivity contribution in [2.75, 3.05) is 7.05 Å². The van der Waals surface area contributed by atoms with Gasteiger partial charge in [-0.2, -0.15) is 0 Å². The molecule has 2 heteroatoms. The number of rotatable bonds is 0. The highest BCUT2D eigenvalue weighted by molar-refractivity contribution is 5.50. The van der Waals surface area contributed by atoms with E-state index in [9.17, 15) is 0 Å². The van der Waals surface area contributed by atoms with Crippen LogP contribution < -0.4 is 5.73 Å². The molecule has 0 heterocycles. The van der Waals surface area contributed by atoms with E-state index in [2.05, 4.69) is 11.6 Å². The molecule has 0 aliphatic rings. The van der Waals surface area contributed by atoms with Gasteiger partial charge in [-0.05, 0) is 13.8 Å². The number of nitrogens with zero attached hydrogens (tertiary/aromatic N) is 1. The van der Waals surface area contributed by atoms with Crippen molar-refractivity contribution < 1.29 is 0 Å². The second kappa shape index (κ2) is 24.1. The fraction of sp³-hybridized carbons (Fsp3) is 0.625. The summed E-state index contributed by atoms with van der Waals surface area (Å²) in [6.45, 7) is 11.5. The lowest BCUT2D eigenvalue weighted by atomic mass is 10.4. The highest BCUT2D eigenvalue weighted by Gasteiger charge is 1.51. The molecule has 0 aliphatic carbocycles. The molecule has 0 unspecified atom stereocenters. The van der Waals surface area contributed by atoms with Crippen LogP contribution in [0.2, 0.25) is 0 Å². The molecule has 0 spiro atoms. The summed E-state index contributed by atoms with van der Waals surface area (Å²) >= 11 is 0. The smallest absolute Gasteiger partial charge is 0.0794 e. The van der Waals surface area contributed by atoms with E-state index in [1.165, 1.54) is 11.9 Å². The Morgan fingerprint density at radius 2 is 1.50 bits per heavy atom. The minimum absolute atomic E-state index is 1.17. The molecular formula is C8H20N2. The van der Waals surface area contributed by atoms with Crippen molar-refractivity contribution in [3.8, 4) is 0 Å². The van der Waals surface area contributed by atoms with Crippen LogP contribution in [-0.4, -0.2) is 13.4 Å². The van der Waals surface area contributed by atoms with Gasteiger partial charge >= 0.3 is 0 Å². The van der Waals surface area contributed by atoms with Gasteiger partial charge in [0.15, 0.2) is 0 Å². The fourth-order valence-corrected chi connectivity index (χ4v) is 0. The van der Waals surface area contributed by atoms with E-state index in [-0.39, 0.29) is 0 Å². The molecule has 2 N–H and O–H groups in total. The first-order chi connectivity index (χ1) is 4.65. The van der Waals surface area contributed by atoms with Crippen molar-refractivity contribution in [1.29, 1.82) is 0 Å². The molecule has 0 saturated heterocycles. The minimum atomic E-state index is 1.17. The molecule has 10 heavy (non-hydrogen) atoms. The number of nitrogens with two attached hydrogens (primary N) is 1. The average molecular weight is 144 g/mol. The second-order valence-electron chi connectivity index (χ2n) is 1.61. The predicted octanol–water partition coefficient (Wildman–Crippen LogP) is 2.21. The van der Waals surface area contributed by atoms with Gasteiger partial charge in [0.1, 0.15) is 0 Å². The van der Waals surface area contributed by atoms with Gasteiger partial charge in [-0.15, -0.1) is 6.58 Å². The van der Waals surface area contributed by atoms with E-state index in [4.69, 9.17) is 5.73 Å². The van der Waals surface area contributed by atoms with E-state index in [1.54, 1.807) is 7.05 Å². The molecule has 0 aromatic carbocycles. The fourth-order valence-electron chi connectivity index (χ4n) is 0. The van der Waals surface area contributed by atoms with Crippen LogP contribution in [0.3, 0.4) is 0 Å². The first-order valence-corrected chi connectivity index (χ1v) is 3.39. The predicted molar refractivity (Wildman–Crippen MR) is 50.4 cm³/mol. The molecule has 0 atom stereocenters. The van der Waals surface area contributed by atoms with Crippen LogP contribution in [0.25, 0.3) is 0 Å². The SMILES string of the molecule is C=C(C)C.CC.CN=CN. The molecule has 0 radical (unpaired) electrons. The van der Waals surface area contributed by atoms with Gasteiger partial charge in [0.25, 0.3) is 0 Å². The molecule has 0 bridgehead atoms. The Labute approximate surface area is 64.9 Å². The lowest BCUT2D eigenvalue weighted by Gasteiger charge is -1.65. The average Bonchev–Trinajstić information content (AvgIpc) is 1.91. The number of allylic oxidation sites excluding steroid dienone is 1. The Morgan fingerprint density at radius 3 is 1.50 bits per heavy atom. The summed E-state index contributed by atoms with van der Waals surface area (Å²) in [7, 11) is 1.62. The summed E-state index contributed by atoms with van der Waals surface area (Å²) in [4.78, 5) is 3.39. The lowest BCUT2D eigenvalue weighted by molar-refractivity contribution is 1.42. The lowest BCUT2D eigenvalue weighted by Crippen LogP contribution is -1.84. The topological polar surface area (TPSA) is 38.4 Å². The normalized spacial score (nSPS) is 6.90. The summed E-state index contributed by atoms with van der Waals surface area (Å²) < 4.78 is 0. The summed E-state index contributed by atoms with van der Waals surface area (Å²) in [5, 5.41) is 0. The van der Waals surface area contributed by atoms with Crippen molar-refractivity contribution in [2.45, 2.75) is 27.7 Å². The maximum atomic E-state index is 4.74. The van der Waals surface area contributed by atoms with Crippen molar-refractivity contribution in [1.82, 2.24) is 0 Å².